The van der Waals surface area contributed by atoms with E-state index in [0.29, 0.717) is 0 Å². The third-order valence-electron chi connectivity index (χ3n) is 2.40. The van der Waals surface area contributed by atoms with Crippen LogP contribution in [-0.2, 0) is 14.6 Å². The lowest BCUT2D eigenvalue weighted by Crippen LogP contribution is -2.45. The molecule has 1 fully saturated rings. The molecule has 1 amide bonds. The molecule has 0 spiro atoms. The number of nitrogens with two attached hydrogens (primary N) is 1. The van der Waals surface area contributed by atoms with Gasteiger partial charge in [-0.05, 0) is 12.8 Å². The second-order valence-electron chi connectivity index (χ2n) is 3.41. The summed E-state index contributed by atoms with van der Waals surface area (Å²) in [6.07, 6.45) is -0.392. The fourth-order valence-electron chi connectivity index (χ4n) is 1.45. The highest BCUT2D eigenvalue weighted by atomic mass is 32.2. The molecule has 4 nitrogen and oxygen atoms in total. The van der Waals surface area contributed by atoms with Gasteiger partial charge < -0.3 is 5.73 Å². The van der Waals surface area contributed by atoms with E-state index in [0.717, 1.165) is 0 Å². The summed E-state index contributed by atoms with van der Waals surface area (Å²) in [6, 6.07) is 0. The van der Waals surface area contributed by atoms with Crippen molar-refractivity contribution in [3.63, 3.8) is 0 Å². The van der Waals surface area contributed by atoms with Crippen LogP contribution in [0.2, 0.25) is 0 Å². The Kier molecular flexibility index (Phi) is 2.80. The third-order valence-corrected chi connectivity index (χ3v) is 4.11. The summed E-state index contributed by atoms with van der Waals surface area (Å²) in [5.74, 6) is -7.08. The minimum absolute atomic E-state index is 0.196. The SMILES string of the molecule is NC(=O)C(F)(F)C1CCS(=O)(=O)CC1. The van der Waals surface area contributed by atoms with Gasteiger partial charge >= 0.3 is 5.92 Å². The molecule has 0 aromatic rings. The molecule has 0 radical (unpaired) electrons. The first-order chi connectivity index (χ1) is 6.26. The summed E-state index contributed by atoms with van der Waals surface area (Å²) in [7, 11) is -3.19. The standard InChI is InChI=1S/C7H11F2NO3S/c8-7(9,6(10)11)5-1-3-14(12,13)4-2-5/h5H,1-4H2,(H2,10,11). The van der Waals surface area contributed by atoms with E-state index in [9.17, 15) is 22.0 Å². The number of hydrogen-bond acceptors (Lipinski definition) is 3. The molecule has 1 aliphatic heterocycles. The van der Waals surface area contributed by atoms with Gasteiger partial charge in [0, 0.05) is 5.92 Å². The normalized spacial score (nSPS) is 23.3. The lowest BCUT2D eigenvalue weighted by Gasteiger charge is -2.27. The summed E-state index contributed by atoms with van der Waals surface area (Å²) in [6.45, 7) is 0. The van der Waals surface area contributed by atoms with Crippen LogP contribution < -0.4 is 5.73 Å². The van der Waals surface area contributed by atoms with Crippen LogP contribution in [0.1, 0.15) is 12.8 Å². The minimum Gasteiger partial charge on any atom is -0.364 e. The minimum atomic E-state index is -3.59. The molecule has 1 heterocycles. The Labute approximate surface area is 80.4 Å². The van der Waals surface area contributed by atoms with Gasteiger partial charge in [0.25, 0.3) is 5.91 Å². The Morgan fingerprint density at radius 3 is 2.07 bits per heavy atom. The third kappa shape index (κ3) is 2.20. The molecule has 0 saturated carbocycles. The predicted molar refractivity (Wildman–Crippen MR) is 45.5 cm³/mol. The van der Waals surface area contributed by atoms with Crippen LogP contribution in [0.25, 0.3) is 0 Å². The van der Waals surface area contributed by atoms with Crippen LogP contribution in [-0.4, -0.2) is 31.8 Å². The fraction of sp³-hybridized carbons (Fsp3) is 0.857. The zero-order valence-electron chi connectivity index (χ0n) is 7.37. The summed E-state index contributed by atoms with van der Waals surface area (Å²) < 4.78 is 47.9. The first-order valence-electron chi connectivity index (χ1n) is 4.14. The van der Waals surface area contributed by atoms with Gasteiger partial charge in [-0.2, -0.15) is 8.78 Å². The molecule has 7 heteroatoms. The molecule has 0 aliphatic carbocycles. The second-order valence-corrected chi connectivity index (χ2v) is 5.72. The van der Waals surface area contributed by atoms with Gasteiger partial charge in [0.15, 0.2) is 0 Å². The lowest BCUT2D eigenvalue weighted by atomic mass is 9.94. The number of carbonyl (C=O) groups excluding carboxylic acids is 1. The molecule has 1 saturated heterocycles. The number of carbonyl (C=O) groups is 1. The number of rotatable bonds is 2. The quantitative estimate of drug-likeness (QED) is 0.717. The highest BCUT2D eigenvalue weighted by molar-refractivity contribution is 7.91. The molecule has 14 heavy (non-hydrogen) atoms. The maximum atomic E-state index is 13.0. The van der Waals surface area contributed by atoms with Gasteiger partial charge in [0.1, 0.15) is 9.84 Å². The molecule has 0 unspecified atom stereocenters. The average molecular weight is 227 g/mol. The maximum Gasteiger partial charge on any atom is 0.327 e. The van der Waals surface area contributed by atoms with E-state index in [-0.39, 0.29) is 24.3 Å². The van der Waals surface area contributed by atoms with Crippen LogP contribution in [0.3, 0.4) is 0 Å². The van der Waals surface area contributed by atoms with Crippen LogP contribution >= 0.6 is 0 Å². The number of primary amides is 1. The Bertz CT molecular complexity index is 325. The summed E-state index contributed by atoms with van der Waals surface area (Å²) in [4.78, 5) is 10.4. The van der Waals surface area contributed by atoms with E-state index in [1.165, 1.54) is 0 Å². The van der Waals surface area contributed by atoms with E-state index in [1.54, 1.807) is 0 Å². The average Bonchev–Trinajstić information content (AvgIpc) is 2.03. The summed E-state index contributed by atoms with van der Waals surface area (Å²) in [5.41, 5.74) is 4.53. The zero-order chi connectivity index (χ0) is 11.0. The van der Waals surface area contributed by atoms with Gasteiger partial charge in [-0.25, -0.2) is 8.42 Å². The second kappa shape index (κ2) is 3.45. The van der Waals surface area contributed by atoms with Crippen molar-refractivity contribution in [3.05, 3.63) is 0 Å². The molecule has 2 N–H and O–H groups in total. The van der Waals surface area contributed by atoms with Gasteiger partial charge in [0.2, 0.25) is 0 Å². The number of hydrogen-bond donors (Lipinski definition) is 1. The number of sulfone groups is 1. The van der Waals surface area contributed by atoms with Crippen molar-refractivity contribution < 1.29 is 22.0 Å². The van der Waals surface area contributed by atoms with Crippen molar-refractivity contribution in [2.24, 2.45) is 11.7 Å². The van der Waals surface area contributed by atoms with E-state index < -0.39 is 27.6 Å². The molecular formula is C7H11F2NO3S. The highest BCUT2D eigenvalue weighted by Gasteiger charge is 2.47. The van der Waals surface area contributed by atoms with Crippen molar-refractivity contribution in [2.75, 3.05) is 11.5 Å². The number of amides is 1. The topological polar surface area (TPSA) is 77.2 Å². The van der Waals surface area contributed by atoms with E-state index in [2.05, 4.69) is 5.73 Å². The Balaban J connectivity index is 2.71. The van der Waals surface area contributed by atoms with Crippen LogP contribution in [0.15, 0.2) is 0 Å². The van der Waals surface area contributed by atoms with E-state index in [4.69, 9.17) is 0 Å². The van der Waals surface area contributed by atoms with Crippen LogP contribution in [0.4, 0.5) is 8.78 Å². The molecule has 0 bridgehead atoms. The Hall–Kier alpha value is -0.720. The summed E-state index contributed by atoms with van der Waals surface area (Å²) in [5, 5.41) is 0. The van der Waals surface area contributed by atoms with Crippen molar-refractivity contribution in [1.82, 2.24) is 0 Å². The highest BCUT2D eigenvalue weighted by Crippen LogP contribution is 2.33. The van der Waals surface area contributed by atoms with Gasteiger partial charge in [-0.1, -0.05) is 0 Å². The number of halogens is 2. The smallest absolute Gasteiger partial charge is 0.327 e. The fourth-order valence-corrected chi connectivity index (χ4v) is 2.95. The van der Waals surface area contributed by atoms with Crippen LogP contribution in [0, 0.1) is 5.92 Å². The lowest BCUT2D eigenvalue weighted by molar-refractivity contribution is -0.150. The molecular weight excluding hydrogens is 216 g/mol. The molecule has 82 valence electrons. The predicted octanol–water partition coefficient (Wildman–Crippen LogP) is -0.0682. The molecule has 0 atom stereocenters. The maximum absolute atomic E-state index is 13.0. The molecule has 0 aromatic heterocycles. The van der Waals surface area contributed by atoms with Crippen molar-refractivity contribution >= 4 is 15.7 Å². The van der Waals surface area contributed by atoms with Gasteiger partial charge in [0.05, 0.1) is 11.5 Å². The zero-order valence-corrected chi connectivity index (χ0v) is 8.19. The molecule has 1 aliphatic rings. The number of alkyl halides is 2. The first-order valence-corrected chi connectivity index (χ1v) is 5.96. The van der Waals surface area contributed by atoms with E-state index in [1.807, 2.05) is 0 Å². The van der Waals surface area contributed by atoms with Gasteiger partial charge in [-0.15, -0.1) is 0 Å². The van der Waals surface area contributed by atoms with E-state index >= 15 is 0 Å². The largest absolute Gasteiger partial charge is 0.364 e. The monoisotopic (exact) mass is 227 g/mol. The Morgan fingerprint density at radius 1 is 1.29 bits per heavy atom. The van der Waals surface area contributed by atoms with Crippen molar-refractivity contribution in [3.8, 4) is 0 Å². The van der Waals surface area contributed by atoms with Crippen molar-refractivity contribution in [2.45, 2.75) is 18.8 Å². The summed E-state index contributed by atoms with van der Waals surface area (Å²) >= 11 is 0. The van der Waals surface area contributed by atoms with Crippen molar-refractivity contribution in [1.29, 1.82) is 0 Å². The molecule has 0 aromatic carbocycles. The first kappa shape index (κ1) is 11.4. The molecule has 1 rings (SSSR count). The van der Waals surface area contributed by atoms with Crippen LogP contribution in [0.5, 0.6) is 0 Å². The van der Waals surface area contributed by atoms with Gasteiger partial charge in [-0.3, -0.25) is 4.79 Å². The Morgan fingerprint density at radius 2 is 1.71 bits per heavy atom.